The Morgan fingerprint density at radius 3 is 2.45 bits per heavy atom. The topological polar surface area (TPSA) is 37.4 Å². The van der Waals surface area contributed by atoms with Crippen LogP contribution in [0.5, 0.6) is 0 Å². The van der Waals surface area contributed by atoms with E-state index < -0.39 is 0 Å². The zero-order chi connectivity index (χ0) is 23.2. The van der Waals surface area contributed by atoms with Crippen molar-refractivity contribution in [2.45, 2.75) is 25.3 Å². The summed E-state index contributed by atoms with van der Waals surface area (Å²) in [6, 6.07) is 21.5. The molecule has 1 fully saturated rings. The van der Waals surface area contributed by atoms with Gasteiger partial charge < -0.3 is 9.38 Å². The number of carbonyl (C=O) groups excluding carboxylic acids is 2. The van der Waals surface area contributed by atoms with Crippen LogP contribution in [0.2, 0.25) is 0 Å². The number of nitrogens with zero attached hydrogens (tertiary/aromatic N) is 2. The average molecular weight is 444 g/mol. The number of aryl methyl sites for hydroxylation is 1. The molecule has 0 spiro atoms. The van der Waals surface area contributed by atoms with Gasteiger partial charge in [-0.25, -0.2) is 4.39 Å². The van der Waals surface area contributed by atoms with Crippen LogP contribution in [-0.4, -0.2) is 48.9 Å². The van der Waals surface area contributed by atoms with Gasteiger partial charge in [0, 0.05) is 23.2 Å². The molecule has 5 rings (SSSR count). The Bertz CT molecular complexity index is 1210. The molecule has 0 bridgehead atoms. The van der Waals surface area contributed by atoms with Crippen LogP contribution in [0.25, 0.3) is 0 Å². The first-order chi connectivity index (χ1) is 15.8. The highest BCUT2D eigenvalue weighted by atomic mass is 19.1. The third kappa shape index (κ3) is 3.98. The van der Waals surface area contributed by atoms with Gasteiger partial charge in [-0.3, -0.25) is 9.59 Å². The van der Waals surface area contributed by atoms with E-state index >= 15 is 0 Å². The number of carbonyl (C=O) groups is 2. The summed E-state index contributed by atoms with van der Waals surface area (Å²) in [5.41, 5.74) is 4.50. The van der Waals surface area contributed by atoms with E-state index in [0.717, 1.165) is 36.3 Å². The standard InChI is InChI=1S/C28H28FN2O2/c1-19-8-13-25-23(16-19)24-17-31(2,18-27(32)20-6-4-3-5-7-20)15-14-26(24)30(25)28(33)21-9-11-22(29)12-10-21/h3-13,16,24,26H,14-15,17-18H2,1-2H3/q+1. The van der Waals surface area contributed by atoms with Gasteiger partial charge in [0.2, 0.25) is 5.78 Å². The van der Waals surface area contributed by atoms with E-state index in [-0.39, 0.29) is 29.5 Å². The highest BCUT2D eigenvalue weighted by Gasteiger charge is 2.49. The number of hydrogen-bond donors (Lipinski definition) is 0. The van der Waals surface area contributed by atoms with Gasteiger partial charge in [0.25, 0.3) is 5.91 Å². The van der Waals surface area contributed by atoms with E-state index in [1.165, 1.54) is 17.7 Å². The summed E-state index contributed by atoms with van der Waals surface area (Å²) >= 11 is 0. The molecule has 3 atom stereocenters. The van der Waals surface area contributed by atoms with E-state index in [1.807, 2.05) is 47.4 Å². The fourth-order valence-corrected chi connectivity index (χ4v) is 5.51. The summed E-state index contributed by atoms with van der Waals surface area (Å²) in [7, 11) is 2.15. The number of likely N-dealkylation sites (tertiary alicyclic amines) is 1. The Morgan fingerprint density at radius 2 is 1.73 bits per heavy atom. The van der Waals surface area contributed by atoms with Gasteiger partial charge in [-0.15, -0.1) is 0 Å². The Hall–Kier alpha value is -3.31. The number of fused-ring (bicyclic) bond motifs is 3. The predicted molar refractivity (Wildman–Crippen MR) is 127 cm³/mol. The first kappa shape index (κ1) is 21.5. The molecule has 0 aliphatic carbocycles. The molecular formula is C28H28FN2O2+. The van der Waals surface area contributed by atoms with Crippen molar-refractivity contribution >= 4 is 17.4 Å². The number of Topliss-reactive ketones (excluding diaryl/α,β-unsaturated/α-hetero) is 1. The second-order valence-corrected chi connectivity index (χ2v) is 9.68. The van der Waals surface area contributed by atoms with E-state index in [2.05, 4.69) is 20.0 Å². The maximum Gasteiger partial charge on any atom is 0.258 e. The number of rotatable bonds is 4. The lowest BCUT2D eigenvalue weighted by Gasteiger charge is -2.44. The van der Waals surface area contributed by atoms with Crippen LogP contribution in [0, 0.1) is 12.7 Å². The Kier molecular flexibility index (Phi) is 5.37. The second kappa shape index (κ2) is 8.23. The van der Waals surface area contributed by atoms with Crippen molar-refractivity contribution in [2.75, 3.05) is 31.6 Å². The normalized spacial score (nSPS) is 23.7. The largest absolute Gasteiger partial charge is 0.319 e. The van der Waals surface area contributed by atoms with Crippen LogP contribution in [0.15, 0.2) is 72.8 Å². The van der Waals surface area contributed by atoms with E-state index in [9.17, 15) is 14.0 Å². The molecule has 2 aliphatic rings. The van der Waals surface area contributed by atoms with Crippen LogP contribution < -0.4 is 4.90 Å². The number of anilines is 1. The first-order valence-electron chi connectivity index (χ1n) is 11.5. The number of piperidine rings is 1. The third-order valence-electron chi connectivity index (χ3n) is 7.17. The molecule has 0 saturated carbocycles. The number of hydrogen-bond acceptors (Lipinski definition) is 2. The Labute approximate surface area is 193 Å². The van der Waals surface area contributed by atoms with Gasteiger partial charge in [-0.2, -0.15) is 0 Å². The summed E-state index contributed by atoms with van der Waals surface area (Å²) in [5, 5.41) is 0. The highest BCUT2D eigenvalue weighted by molar-refractivity contribution is 6.08. The molecule has 3 aromatic rings. The van der Waals surface area contributed by atoms with E-state index in [1.54, 1.807) is 12.1 Å². The monoisotopic (exact) mass is 443 g/mol. The quantitative estimate of drug-likeness (QED) is 0.421. The molecule has 0 radical (unpaired) electrons. The maximum atomic E-state index is 13.5. The number of halogens is 1. The summed E-state index contributed by atoms with van der Waals surface area (Å²) in [6.45, 7) is 4.13. The Morgan fingerprint density at radius 1 is 1.00 bits per heavy atom. The van der Waals surface area contributed by atoms with Gasteiger partial charge >= 0.3 is 0 Å². The summed E-state index contributed by atoms with van der Waals surface area (Å²) < 4.78 is 14.1. The number of quaternary nitrogens is 1. The molecule has 1 amide bonds. The van der Waals surface area contributed by atoms with Gasteiger partial charge in [0.15, 0.2) is 0 Å². The van der Waals surface area contributed by atoms with Crippen LogP contribution in [-0.2, 0) is 0 Å². The number of benzene rings is 3. The van der Waals surface area contributed by atoms with Crippen LogP contribution in [0.4, 0.5) is 10.1 Å². The van der Waals surface area contributed by atoms with Crippen LogP contribution in [0.1, 0.15) is 44.2 Å². The second-order valence-electron chi connectivity index (χ2n) is 9.68. The molecule has 1 saturated heterocycles. The minimum Gasteiger partial charge on any atom is -0.319 e. The zero-order valence-corrected chi connectivity index (χ0v) is 19.0. The fourth-order valence-electron chi connectivity index (χ4n) is 5.51. The van der Waals surface area contributed by atoms with Crippen molar-refractivity contribution in [1.29, 1.82) is 0 Å². The van der Waals surface area contributed by atoms with E-state index in [4.69, 9.17) is 0 Å². The van der Waals surface area contributed by atoms with Crippen molar-refractivity contribution in [1.82, 2.24) is 0 Å². The zero-order valence-electron chi connectivity index (χ0n) is 19.0. The molecule has 168 valence electrons. The van der Waals surface area contributed by atoms with Crippen molar-refractivity contribution in [3.05, 3.63) is 101 Å². The SMILES string of the molecule is Cc1ccc2c(c1)C1C[N+](C)(CC(=O)c3ccccc3)CCC1N2C(=O)c1ccc(F)cc1. The minimum absolute atomic E-state index is 0.0392. The first-order valence-corrected chi connectivity index (χ1v) is 11.5. The van der Waals surface area contributed by atoms with Crippen molar-refractivity contribution in [2.24, 2.45) is 0 Å². The average Bonchev–Trinajstić information content (AvgIpc) is 3.12. The molecule has 0 aromatic heterocycles. The van der Waals surface area contributed by atoms with Gasteiger partial charge in [0.1, 0.15) is 12.4 Å². The molecule has 3 aromatic carbocycles. The molecular weight excluding hydrogens is 415 g/mol. The van der Waals surface area contributed by atoms with Gasteiger partial charge in [-0.1, -0.05) is 48.0 Å². The molecule has 33 heavy (non-hydrogen) atoms. The summed E-state index contributed by atoms with van der Waals surface area (Å²) in [4.78, 5) is 28.4. The molecule has 2 heterocycles. The van der Waals surface area contributed by atoms with Gasteiger partial charge in [-0.05, 0) is 42.8 Å². The lowest BCUT2D eigenvalue weighted by atomic mass is 9.87. The van der Waals surface area contributed by atoms with Crippen molar-refractivity contribution in [3.8, 4) is 0 Å². The Balaban J connectivity index is 1.45. The molecule has 0 N–H and O–H groups in total. The predicted octanol–water partition coefficient (Wildman–Crippen LogP) is 4.98. The smallest absolute Gasteiger partial charge is 0.258 e. The number of amides is 1. The summed E-state index contributed by atoms with van der Waals surface area (Å²) in [6.07, 6.45) is 0.809. The highest BCUT2D eigenvalue weighted by Crippen LogP contribution is 2.47. The molecule has 5 heteroatoms. The van der Waals surface area contributed by atoms with Crippen LogP contribution >= 0.6 is 0 Å². The third-order valence-corrected chi connectivity index (χ3v) is 7.17. The van der Waals surface area contributed by atoms with Gasteiger partial charge in [0.05, 0.1) is 32.1 Å². The van der Waals surface area contributed by atoms with Crippen molar-refractivity contribution < 1.29 is 18.5 Å². The summed E-state index contributed by atoms with van der Waals surface area (Å²) in [5.74, 6) is -0.135. The minimum atomic E-state index is -0.351. The van der Waals surface area contributed by atoms with E-state index in [0.29, 0.717) is 16.6 Å². The molecule has 2 aliphatic heterocycles. The maximum absolute atomic E-state index is 13.5. The lowest BCUT2D eigenvalue weighted by Crippen LogP contribution is -2.58. The van der Waals surface area contributed by atoms with Crippen LogP contribution in [0.3, 0.4) is 0 Å². The molecule has 3 unspecified atom stereocenters. The number of ketones is 1. The number of likely N-dealkylation sites (N-methyl/N-ethyl adjacent to an activating group) is 1. The molecule has 4 nitrogen and oxygen atoms in total. The van der Waals surface area contributed by atoms with Crippen molar-refractivity contribution in [3.63, 3.8) is 0 Å². The fraction of sp³-hybridized carbons (Fsp3) is 0.286. The lowest BCUT2D eigenvalue weighted by molar-refractivity contribution is -0.907.